The van der Waals surface area contributed by atoms with Crippen molar-refractivity contribution in [1.29, 1.82) is 0 Å². The lowest BCUT2D eigenvalue weighted by atomic mass is 10.0. The van der Waals surface area contributed by atoms with Crippen molar-refractivity contribution in [1.82, 2.24) is 10.3 Å². The minimum atomic E-state index is -0.644. The Morgan fingerprint density at radius 3 is 2.68 bits per heavy atom. The van der Waals surface area contributed by atoms with Crippen LogP contribution < -0.4 is 11.1 Å². The molecule has 19 heavy (non-hydrogen) atoms. The van der Waals surface area contributed by atoms with Crippen molar-refractivity contribution in [2.24, 2.45) is 5.92 Å². The van der Waals surface area contributed by atoms with Crippen molar-refractivity contribution in [3.8, 4) is 0 Å². The molecule has 0 aromatic carbocycles. The molecule has 0 saturated carbocycles. The zero-order valence-corrected chi connectivity index (χ0v) is 11.2. The number of nitrogen functional groups attached to an aromatic ring is 1. The van der Waals surface area contributed by atoms with Crippen LogP contribution in [-0.2, 0) is 0 Å². The first kappa shape index (κ1) is 14.9. The van der Waals surface area contributed by atoms with Crippen molar-refractivity contribution in [2.45, 2.75) is 33.2 Å². The van der Waals surface area contributed by atoms with E-state index in [1.54, 1.807) is 0 Å². The van der Waals surface area contributed by atoms with Gasteiger partial charge in [0.1, 0.15) is 17.6 Å². The minimum Gasteiger partial charge on any atom is -0.384 e. The number of nitrogens with one attached hydrogen (secondary N) is 1. The van der Waals surface area contributed by atoms with E-state index in [1.807, 2.05) is 20.8 Å². The predicted octanol–water partition coefficient (Wildman–Crippen LogP) is 1.74. The molecule has 3 N–H and O–H groups in total. The molecule has 1 aromatic rings. The van der Waals surface area contributed by atoms with E-state index in [-0.39, 0.29) is 23.1 Å². The maximum atomic E-state index is 12.0. The van der Waals surface area contributed by atoms with Gasteiger partial charge in [-0.1, -0.05) is 13.8 Å². The number of anilines is 1. The first-order valence-electron chi connectivity index (χ1n) is 6.02. The summed E-state index contributed by atoms with van der Waals surface area (Å²) in [5.41, 5.74) is 5.06. The number of pyridine rings is 1. The molecule has 7 nitrogen and oxygen atoms in total. The molecule has 0 aliphatic carbocycles. The van der Waals surface area contributed by atoms with Gasteiger partial charge in [0.05, 0.1) is 4.92 Å². The number of rotatable bonds is 5. The predicted molar refractivity (Wildman–Crippen MR) is 71.7 cm³/mol. The van der Waals surface area contributed by atoms with Gasteiger partial charge in [-0.25, -0.2) is 4.98 Å². The molecule has 0 aliphatic rings. The highest BCUT2D eigenvalue weighted by molar-refractivity contribution is 5.98. The van der Waals surface area contributed by atoms with Crippen LogP contribution in [0.3, 0.4) is 0 Å². The molecule has 1 heterocycles. The molecular weight excluding hydrogens is 248 g/mol. The Bertz CT molecular complexity index is 488. The number of amides is 1. The molecule has 1 atom stereocenters. The lowest BCUT2D eigenvalue weighted by Crippen LogP contribution is -2.34. The molecule has 0 bridgehead atoms. The van der Waals surface area contributed by atoms with Gasteiger partial charge in [-0.05, 0) is 25.3 Å². The fourth-order valence-electron chi connectivity index (χ4n) is 1.86. The van der Waals surface area contributed by atoms with Gasteiger partial charge < -0.3 is 11.1 Å². The lowest BCUT2D eigenvalue weighted by Gasteiger charge is -2.15. The fourth-order valence-corrected chi connectivity index (χ4v) is 1.86. The third-order valence-corrected chi connectivity index (χ3v) is 2.55. The highest BCUT2D eigenvalue weighted by atomic mass is 16.6. The molecule has 1 unspecified atom stereocenters. The van der Waals surface area contributed by atoms with E-state index >= 15 is 0 Å². The van der Waals surface area contributed by atoms with E-state index in [0.717, 1.165) is 12.6 Å². The second kappa shape index (κ2) is 6.12. The SMILES string of the molecule is CC(C)CC(C)NC(=O)c1cc(N)ncc1[N+](=O)[O-]. The topological polar surface area (TPSA) is 111 Å². The van der Waals surface area contributed by atoms with E-state index in [4.69, 9.17) is 5.73 Å². The molecule has 0 aliphatic heterocycles. The van der Waals surface area contributed by atoms with Crippen molar-refractivity contribution < 1.29 is 9.72 Å². The summed E-state index contributed by atoms with van der Waals surface area (Å²) in [6.45, 7) is 5.93. The Morgan fingerprint density at radius 1 is 1.53 bits per heavy atom. The monoisotopic (exact) mass is 266 g/mol. The van der Waals surface area contributed by atoms with E-state index < -0.39 is 10.8 Å². The number of nitrogens with zero attached hydrogens (tertiary/aromatic N) is 2. The van der Waals surface area contributed by atoms with Crippen molar-refractivity contribution in [3.05, 3.63) is 27.9 Å². The second-order valence-electron chi connectivity index (χ2n) is 4.89. The van der Waals surface area contributed by atoms with Gasteiger partial charge in [-0.2, -0.15) is 0 Å². The number of nitrogens with two attached hydrogens (primary N) is 1. The summed E-state index contributed by atoms with van der Waals surface area (Å²) >= 11 is 0. The van der Waals surface area contributed by atoms with E-state index in [0.29, 0.717) is 5.92 Å². The summed E-state index contributed by atoms with van der Waals surface area (Å²) in [6, 6.07) is 1.15. The molecule has 1 rings (SSSR count). The number of nitro groups is 1. The van der Waals surface area contributed by atoms with Gasteiger partial charge in [0.25, 0.3) is 11.6 Å². The zero-order valence-electron chi connectivity index (χ0n) is 11.2. The van der Waals surface area contributed by atoms with Crippen LogP contribution in [0.5, 0.6) is 0 Å². The van der Waals surface area contributed by atoms with Gasteiger partial charge >= 0.3 is 0 Å². The molecule has 0 saturated heterocycles. The quantitative estimate of drug-likeness (QED) is 0.622. The lowest BCUT2D eigenvalue weighted by molar-refractivity contribution is -0.385. The normalized spacial score (nSPS) is 12.2. The summed E-state index contributed by atoms with van der Waals surface area (Å²) < 4.78 is 0. The van der Waals surface area contributed by atoms with E-state index in [1.165, 1.54) is 6.07 Å². The van der Waals surface area contributed by atoms with E-state index in [9.17, 15) is 14.9 Å². The van der Waals surface area contributed by atoms with E-state index in [2.05, 4.69) is 10.3 Å². The van der Waals surface area contributed by atoms with Crippen LogP contribution in [0.1, 0.15) is 37.6 Å². The summed E-state index contributed by atoms with van der Waals surface area (Å²) in [7, 11) is 0. The van der Waals surface area contributed by atoms with Gasteiger partial charge in [0.2, 0.25) is 0 Å². The average molecular weight is 266 g/mol. The smallest absolute Gasteiger partial charge is 0.300 e. The van der Waals surface area contributed by atoms with Crippen LogP contribution in [0, 0.1) is 16.0 Å². The Hall–Kier alpha value is -2.18. The number of carbonyl (C=O) groups is 1. The Morgan fingerprint density at radius 2 is 2.16 bits per heavy atom. The van der Waals surface area contributed by atoms with Crippen molar-refractivity contribution >= 4 is 17.4 Å². The number of hydrogen-bond donors (Lipinski definition) is 2. The van der Waals surface area contributed by atoms with Crippen LogP contribution in [-0.4, -0.2) is 21.9 Å². The second-order valence-corrected chi connectivity index (χ2v) is 4.89. The number of hydrogen-bond acceptors (Lipinski definition) is 5. The van der Waals surface area contributed by atoms with Crippen LogP contribution in [0.15, 0.2) is 12.3 Å². The van der Waals surface area contributed by atoms with Gasteiger partial charge in [0, 0.05) is 6.04 Å². The summed E-state index contributed by atoms with van der Waals surface area (Å²) in [6.07, 6.45) is 1.79. The summed E-state index contributed by atoms with van der Waals surface area (Å²) in [4.78, 5) is 25.8. The maximum absolute atomic E-state index is 12.0. The molecule has 0 fully saturated rings. The van der Waals surface area contributed by atoms with Crippen molar-refractivity contribution in [2.75, 3.05) is 5.73 Å². The van der Waals surface area contributed by atoms with Gasteiger partial charge in [-0.3, -0.25) is 14.9 Å². The Kier molecular flexibility index (Phi) is 4.80. The Labute approximate surface area is 111 Å². The van der Waals surface area contributed by atoms with Crippen LogP contribution in [0.25, 0.3) is 0 Å². The molecular formula is C12H18N4O3. The number of carbonyl (C=O) groups excluding carboxylic acids is 1. The standard InChI is InChI=1S/C12H18N4O3/c1-7(2)4-8(3)15-12(17)9-5-11(13)14-6-10(9)16(18)19/h5-8H,4H2,1-3H3,(H2,13,14)(H,15,17). The van der Waals surface area contributed by atoms with Gasteiger partial charge in [0.15, 0.2) is 0 Å². The summed E-state index contributed by atoms with van der Waals surface area (Å²) in [5, 5.41) is 13.6. The Balaban J connectivity index is 2.92. The highest BCUT2D eigenvalue weighted by Gasteiger charge is 2.22. The van der Waals surface area contributed by atoms with Crippen LogP contribution in [0.4, 0.5) is 11.5 Å². The minimum absolute atomic E-state index is 0.0619. The first-order chi connectivity index (χ1) is 8.81. The molecule has 0 spiro atoms. The summed E-state index contributed by atoms with van der Waals surface area (Å²) in [5.74, 6) is -0.00555. The molecule has 7 heteroatoms. The molecule has 1 amide bonds. The molecule has 0 radical (unpaired) electrons. The third-order valence-electron chi connectivity index (χ3n) is 2.55. The average Bonchev–Trinajstić information content (AvgIpc) is 2.26. The first-order valence-corrected chi connectivity index (χ1v) is 6.02. The van der Waals surface area contributed by atoms with Crippen molar-refractivity contribution in [3.63, 3.8) is 0 Å². The maximum Gasteiger partial charge on any atom is 0.300 e. The largest absolute Gasteiger partial charge is 0.384 e. The zero-order chi connectivity index (χ0) is 14.6. The molecule has 1 aromatic heterocycles. The third kappa shape index (κ3) is 4.20. The highest BCUT2D eigenvalue weighted by Crippen LogP contribution is 2.19. The van der Waals surface area contributed by atoms with Crippen LogP contribution >= 0.6 is 0 Å². The number of aromatic nitrogens is 1. The molecule has 104 valence electrons. The van der Waals surface area contributed by atoms with Crippen LogP contribution in [0.2, 0.25) is 0 Å². The fraction of sp³-hybridized carbons (Fsp3) is 0.500. The van der Waals surface area contributed by atoms with Gasteiger partial charge in [-0.15, -0.1) is 0 Å².